The average molecular weight is 305 g/mol. The molecule has 0 saturated heterocycles. The van der Waals surface area contributed by atoms with Crippen molar-refractivity contribution in [1.82, 2.24) is 0 Å². The van der Waals surface area contributed by atoms with E-state index in [9.17, 15) is 4.39 Å². The Morgan fingerprint density at radius 1 is 1.33 bits per heavy atom. The highest BCUT2D eigenvalue weighted by atomic mass is 35.5. The third-order valence-electron chi connectivity index (χ3n) is 2.59. The first kappa shape index (κ1) is 13.7. The molecule has 0 aliphatic rings. The van der Waals surface area contributed by atoms with E-state index in [1.54, 1.807) is 12.1 Å². The monoisotopic (exact) mass is 304 g/mol. The average Bonchev–Trinajstić information content (AvgIpc) is 2.69. The van der Waals surface area contributed by atoms with Crippen LogP contribution >= 0.6 is 34.5 Å². The number of hydrogen-bond donors (Lipinski definition) is 0. The summed E-state index contributed by atoms with van der Waals surface area (Å²) in [4.78, 5) is 0.938. The smallest absolute Gasteiger partial charge is 0.165 e. The van der Waals surface area contributed by atoms with Crippen molar-refractivity contribution < 1.29 is 9.13 Å². The molecule has 1 nitrogen and oxygen atoms in total. The molecule has 18 heavy (non-hydrogen) atoms. The summed E-state index contributed by atoms with van der Waals surface area (Å²) < 4.78 is 19.0. The Balaban J connectivity index is 2.36. The normalized spacial score (nSPS) is 12.5. The SMILES string of the molecule is COc1cc(C(Cl)c2cc(C)c(Cl)s2)ccc1F. The topological polar surface area (TPSA) is 9.23 Å². The maximum Gasteiger partial charge on any atom is 0.165 e. The van der Waals surface area contributed by atoms with Crippen molar-refractivity contribution in [2.45, 2.75) is 12.3 Å². The third-order valence-corrected chi connectivity index (χ3v) is 4.83. The van der Waals surface area contributed by atoms with E-state index in [0.717, 1.165) is 20.3 Å². The number of aryl methyl sites for hydroxylation is 1. The Labute approximate surface area is 119 Å². The zero-order chi connectivity index (χ0) is 13.3. The molecule has 1 unspecified atom stereocenters. The van der Waals surface area contributed by atoms with Gasteiger partial charge in [0.1, 0.15) is 0 Å². The number of ether oxygens (including phenoxy) is 1. The molecule has 0 bridgehead atoms. The summed E-state index contributed by atoms with van der Waals surface area (Å²) in [5.41, 5.74) is 1.78. The third kappa shape index (κ3) is 2.63. The van der Waals surface area contributed by atoms with Crippen LogP contribution in [0, 0.1) is 12.7 Å². The van der Waals surface area contributed by atoms with Crippen molar-refractivity contribution in [3.05, 3.63) is 50.4 Å². The molecule has 0 aliphatic carbocycles. The van der Waals surface area contributed by atoms with E-state index in [4.69, 9.17) is 27.9 Å². The fourth-order valence-electron chi connectivity index (χ4n) is 1.61. The molecule has 0 aliphatic heterocycles. The van der Waals surface area contributed by atoms with Gasteiger partial charge in [-0.3, -0.25) is 0 Å². The molecule has 0 fully saturated rings. The lowest BCUT2D eigenvalue weighted by Gasteiger charge is -2.10. The van der Waals surface area contributed by atoms with Crippen LogP contribution in [0.2, 0.25) is 4.34 Å². The number of hydrogen-bond acceptors (Lipinski definition) is 2. The first-order valence-electron chi connectivity index (χ1n) is 5.26. The molecule has 1 aromatic carbocycles. The number of thiophene rings is 1. The van der Waals surface area contributed by atoms with Gasteiger partial charge in [0.25, 0.3) is 0 Å². The highest BCUT2D eigenvalue weighted by molar-refractivity contribution is 7.16. The van der Waals surface area contributed by atoms with Gasteiger partial charge in [-0.15, -0.1) is 22.9 Å². The van der Waals surface area contributed by atoms with E-state index in [0.29, 0.717) is 0 Å². The molecule has 2 aromatic rings. The van der Waals surface area contributed by atoms with E-state index in [-0.39, 0.29) is 11.1 Å². The van der Waals surface area contributed by atoms with E-state index < -0.39 is 5.82 Å². The van der Waals surface area contributed by atoms with Gasteiger partial charge in [-0.1, -0.05) is 17.7 Å². The van der Waals surface area contributed by atoms with E-state index >= 15 is 0 Å². The summed E-state index contributed by atoms with van der Waals surface area (Å²) in [6.07, 6.45) is 0. The predicted octanol–water partition coefficient (Wildman–Crippen LogP) is 5.19. The van der Waals surface area contributed by atoms with Crippen LogP contribution in [-0.2, 0) is 0 Å². The molecular weight excluding hydrogens is 294 g/mol. The lowest BCUT2D eigenvalue weighted by molar-refractivity contribution is 0.386. The minimum absolute atomic E-state index is 0.192. The lowest BCUT2D eigenvalue weighted by atomic mass is 10.1. The zero-order valence-electron chi connectivity index (χ0n) is 9.84. The van der Waals surface area contributed by atoms with Crippen molar-refractivity contribution in [3.63, 3.8) is 0 Å². The molecule has 1 atom stereocenters. The summed E-state index contributed by atoms with van der Waals surface area (Å²) in [7, 11) is 1.43. The molecule has 0 spiro atoms. The standard InChI is InChI=1S/C13H11Cl2FOS/c1-7-5-11(18-13(7)15)12(14)8-3-4-9(16)10(6-8)17-2/h3-6,12H,1-2H3. The Bertz CT molecular complexity index is 549. The Morgan fingerprint density at radius 3 is 2.61 bits per heavy atom. The first-order valence-corrected chi connectivity index (χ1v) is 6.89. The zero-order valence-corrected chi connectivity index (χ0v) is 12.2. The molecule has 0 amide bonds. The predicted molar refractivity (Wildman–Crippen MR) is 74.7 cm³/mol. The second-order valence-corrected chi connectivity index (χ2v) is 5.98. The summed E-state index contributed by atoms with van der Waals surface area (Å²) >= 11 is 13.8. The van der Waals surface area contributed by atoms with Gasteiger partial charge in [-0.25, -0.2) is 4.39 Å². The van der Waals surface area contributed by atoms with Gasteiger partial charge in [0.2, 0.25) is 0 Å². The summed E-state index contributed by atoms with van der Waals surface area (Å²) in [6.45, 7) is 1.93. The number of benzene rings is 1. The molecular formula is C13H11Cl2FOS. The van der Waals surface area contributed by atoms with E-state index in [1.807, 2.05) is 13.0 Å². The highest BCUT2D eigenvalue weighted by Crippen LogP contribution is 2.38. The van der Waals surface area contributed by atoms with Crippen LogP contribution in [0.4, 0.5) is 4.39 Å². The van der Waals surface area contributed by atoms with Crippen molar-refractivity contribution in [2.75, 3.05) is 7.11 Å². The molecule has 1 heterocycles. The van der Waals surface area contributed by atoms with Crippen molar-refractivity contribution in [1.29, 1.82) is 0 Å². The maximum atomic E-state index is 13.3. The minimum Gasteiger partial charge on any atom is -0.494 e. The minimum atomic E-state index is -0.398. The van der Waals surface area contributed by atoms with Gasteiger partial charge in [-0.2, -0.15) is 0 Å². The molecule has 0 saturated carbocycles. The van der Waals surface area contributed by atoms with Crippen LogP contribution in [0.1, 0.15) is 21.4 Å². The summed E-state index contributed by atoms with van der Waals surface area (Å²) in [5, 5.41) is -0.351. The fraction of sp³-hybridized carbons (Fsp3) is 0.231. The molecule has 5 heteroatoms. The van der Waals surface area contributed by atoms with Gasteiger partial charge in [0, 0.05) is 4.88 Å². The second-order valence-electron chi connectivity index (χ2n) is 3.86. The second kappa shape index (κ2) is 5.47. The first-order chi connectivity index (χ1) is 8.52. The summed E-state index contributed by atoms with van der Waals surface area (Å²) in [6, 6.07) is 6.56. The Hall–Kier alpha value is -0.770. The van der Waals surface area contributed by atoms with Crippen molar-refractivity contribution in [2.24, 2.45) is 0 Å². The molecule has 96 valence electrons. The number of methoxy groups -OCH3 is 1. The van der Waals surface area contributed by atoms with Gasteiger partial charge < -0.3 is 4.74 Å². The van der Waals surface area contributed by atoms with Crippen molar-refractivity contribution in [3.8, 4) is 5.75 Å². The lowest BCUT2D eigenvalue weighted by Crippen LogP contribution is -1.94. The van der Waals surface area contributed by atoms with Crippen molar-refractivity contribution >= 4 is 34.5 Å². The van der Waals surface area contributed by atoms with Gasteiger partial charge in [0.05, 0.1) is 16.8 Å². The highest BCUT2D eigenvalue weighted by Gasteiger charge is 2.16. The number of rotatable bonds is 3. The maximum absolute atomic E-state index is 13.3. The largest absolute Gasteiger partial charge is 0.494 e. The van der Waals surface area contributed by atoms with E-state index in [1.165, 1.54) is 24.5 Å². The summed E-state index contributed by atoms with van der Waals surface area (Å²) in [5.74, 6) is -0.206. The molecule has 1 aromatic heterocycles. The fourth-order valence-corrected chi connectivity index (χ4v) is 3.16. The Kier molecular flexibility index (Phi) is 4.15. The molecule has 0 radical (unpaired) electrons. The van der Waals surface area contributed by atoms with Gasteiger partial charge >= 0.3 is 0 Å². The molecule has 2 rings (SSSR count). The van der Waals surface area contributed by atoms with E-state index in [2.05, 4.69) is 0 Å². The van der Waals surface area contributed by atoms with Crippen LogP contribution in [-0.4, -0.2) is 7.11 Å². The number of alkyl halides is 1. The van der Waals surface area contributed by atoms with Crippen LogP contribution in [0.5, 0.6) is 5.75 Å². The Morgan fingerprint density at radius 2 is 2.06 bits per heavy atom. The number of halogens is 3. The van der Waals surface area contributed by atoms with Crippen LogP contribution in [0.15, 0.2) is 24.3 Å². The van der Waals surface area contributed by atoms with Gasteiger partial charge in [-0.05, 0) is 36.2 Å². The van der Waals surface area contributed by atoms with Crippen LogP contribution in [0.3, 0.4) is 0 Å². The van der Waals surface area contributed by atoms with Crippen LogP contribution < -0.4 is 4.74 Å². The van der Waals surface area contributed by atoms with Gasteiger partial charge in [0.15, 0.2) is 11.6 Å². The quantitative estimate of drug-likeness (QED) is 0.709. The molecule has 0 N–H and O–H groups in total. The van der Waals surface area contributed by atoms with Crippen LogP contribution in [0.25, 0.3) is 0 Å².